The summed E-state index contributed by atoms with van der Waals surface area (Å²) in [6.45, 7) is 3.19. The van der Waals surface area contributed by atoms with Crippen LogP contribution < -0.4 is 20.1 Å². The summed E-state index contributed by atoms with van der Waals surface area (Å²) in [7, 11) is 4.68. The molecule has 1 heterocycles. The van der Waals surface area contributed by atoms with Gasteiger partial charge in [-0.05, 0) is 43.7 Å². The molecule has 3 N–H and O–H groups in total. The van der Waals surface area contributed by atoms with Gasteiger partial charge < -0.3 is 25.2 Å². The van der Waals surface area contributed by atoms with Crippen LogP contribution in [0.5, 0.6) is 11.5 Å². The smallest absolute Gasteiger partial charge is 0.235 e. The van der Waals surface area contributed by atoms with Crippen molar-refractivity contribution in [2.75, 3.05) is 24.9 Å². The molecule has 1 aromatic heterocycles. The molecule has 1 saturated carbocycles. The predicted molar refractivity (Wildman–Crippen MR) is 141 cm³/mol. The zero-order valence-corrected chi connectivity index (χ0v) is 22.0. The Morgan fingerprint density at radius 1 is 1.00 bits per heavy atom. The lowest BCUT2D eigenvalue weighted by Gasteiger charge is -2.44. The lowest BCUT2D eigenvalue weighted by atomic mass is 9.61. The molecular formula is C28H32N4O6. The number of para-hydroxylation sites is 4. The van der Waals surface area contributed by atoms with Crippen LogP contribution in [0.4, 0.5) is 11.4 Å². The van der Waals surface area contributed by atoms with Crippen LogP contribution in [0, 0.1) is 18.8 Å². The molecule has 10 nitrogen and oxygen atoms in total. The summed E-state index contributed by atoms with van der Waals surface area (Å²) in [5, 5.41) is 21.5. The molecule has 0 spiro atoms. The molecule has 0 aliphatic heterocycles. The average Bonchev–Trinajstić information content (AvgIpc) is 3.20. The fourth-order valence-electron chi connectivity index (χ4n) is 5.33. The van der Waals surface area contributed by atoms with E-state index in [1.54, 1.807) is 73.4 Å². The Kier molecular flexibility index (Phi) is 7.54. The highest BCUT2D eigenvalue weighted by Gasteiger charge is 2.56. The van der Waals surface area contributed by atoms with Gasteiger partial charge in [0.15, 0.2) is 0 Å². The van der Waals surface area contributed by atoms with E-state index in [2.05, 4.69) is 15.7 Å². The second-order valence-electron chi connectivity index (χ2n) is 9.70. The van der Waals surface area contributed by atoms with Crippen molar-refractivity contribution in [2.24, 2.45) is 18.9 Å². The highest BCUT2D eigenvalue weighted by molar-refractivity contribution is 6.11. The minimum absolute atomic E-state index is 0.378. The van der Waals surface area contributed by atoms with E-state index < -0.39 is 41.0 Å². The third-order valence-electron chi connectivity index (χ3n) is 6.97. The lowest BCUT2D eigenvalue weighted by Crippen LogP contribution is -2.56. The molecular weight excluding hydrogens is 488 g/mol. The molecule has 10 heteroatoms. The number of benzene rings is 2. The van der Waals surface area contributed by atoms with E-state index in [4.69, 9.17) is 9.47 Å². The highest BCUT2D eigenvalue weighted by atomic mass is 16.5. The third kappa shape index (κ3) is 5.12. The quantitative estimate of drug-likeness (QED) is 0.408. The fourth-order valence-corrected chi connectivity index (χ4v) is 5.33. The van der Waals surface area contributed by atoms with E-state index in [1.165, 1.54) is 21.1 Å². The van der Waals surface area contributed by atoms with Crippen molar-refractivity contribution in [1.82, 2.24) is 9.78 Å². The lowest BCUT2D eigenvalue weighted by molar-refractivity contribution is -0.150. The van der Waals surface area contributed by atoms with E-state index in [0.717, 1.165) is 0 Å². The number of Topliss-reactive ketones (excluding diaryl/α,β-unsaturated/α-hetero) is 1. The minimum Gasteiger partial charge on any atom is -0.495 e. The third-order valence-corrected chi connectivity index (χ3v) is 6.97. The Morgan fingerprint density at radius 2 is 1.53 bits per heavy atom. The number of methoxy groups -OCH3 is 2. The first kappa shape index (κ1) is 26.9. The van der Waals surface area contributed by atoms with Crippen LogP contribution in [0.15, 0.2) is 54.7 Å². The summed E-state index contributed by atoms with van der Waals surface area (Å²) < 4.78 is 12.3. The van der Waals surface area contributed by atoms with Crippen LogP contribution in [0.2, 0.25) is 0 Å². The van der Waals surface area contributed by atoms with E-state index in [0.29, 0.717) is 34.1 Å². The monoisotopic (exact) mass is 520 g/mol. The second kappa shape index (κ2) is 10.7. The fraction of sp³-hybridized carbons (Fsp3) is 0.357. The number of hydrogen-bond donors (Lipinski definition) is 3. The number of ketones is 1. The Labute approximate surface area is 220 Å². The van der Waals surface area contributed by atoms with Crippen molar-refractivity contribution < 1.29 is 29.0 Å². The van der Waals surface area contributed by atoms with Gasteiger partial charge in [0, 0.05) is 25.6 Å². The van der Waals surface area contributed by atoms with Crippen molar-refractivity contribution in [2.45, 2.75) is 31.8 Å². The summed E-state index contributed by atoms with van der Waals surface area (Å²) in [6, 6.07) is 13.7. The number of carbonyl (C=O) groups is 3. The summed E-state index contributed by atoms with van der Waals surface area (Å²) in [5.74, 6) is -4.18. The first-order valence-electron chi connectivity index (χ1n) is 12.2. The Morgan fingerprint density at radius 3 is 2.03 bits per heavy atom. The number of ether oxygens (including phenoxy) is 2. The van der Waals surface area contributed by atoms with E-state index >= 15 is 0 Å². The van der Waals surface area contributed by atoms with Crippen LogP contribution in [-0.4, -0.2) is 52.3 Å². The number of amides is 2. The second-order valence-corrected chi connectivity index (χ2v) is 9.70. The molecule has 0 radical (unpaired) electrons. The van der Waals surface area contributed by atoms with Gasteiger partial charge in [0.1, 0.15) is 23.2 Å². The van der Waals surface area contributed by atoms with Gasteiger partial charge in [-0.25, -0.2) is 0 Å². The summed E-state index contributed by atoms with van der Waals surface area (Å²) in [5.41, 5.74) is 0.137. The number of hydrogen-bond acceptors (Lipinski definition) is 7. The Balaban J connectivity index is 1.80. The maximum atomic E-state index is 13.9. The SMILES string of the molecule is COc1ccccc1NC(=O)[C@H]1C(=O)C[C@@](C)(O)[C@H](C(=O)Nc2ccccc2OC)[C@H]1c1cn(C)nc1C. The zero-order valence-electron chi connectivity index (χ0n) is 22.0. The molecule has 38 heavy (non-hydrogen) atoms. The van der Waals surface area contributed by atoms with Gasteiger partial charge in [-0.2, -0.15) is 5.10 Å². The summed E-state index contributed by atoms with van der Waals surface area (Å²) >= 11 is 0. The van der Waals surface area contributed by atoms with Gasteiger partial charge in [0.25, 0.3) is 0 Å². The van der Waals surface area contributed by atoms with Crippen LogP contribution in [0.25, 0.3) is 0 Å². The molecule has 4 atom stereocenters. The van der Waals surface area contributed by atoms with Crippen LogP contribution in [0.1, 0.15) is 30.5 Å². The summed E-state index contributed by atoms with van der Waals surface area (Å²) in [6.07, 6.45) is 1.30. The number of carbonyl (C=O) groups excluding carboxylic acids is 3. The predicted octanol–water partition coefficient (Wildman–Crippen LogP) is 3.06. The van der Waals surface area contributed by atoms with Crippen LogP contribution in [-0.2, 0) is 21.4 Å². The number of aliphatic hydroxyl groups is 1. The van der Waals surface area contributed by atoms with Crippen molar-refractivity contribution in [1.29, 1.82) is 0 Å². The molecule has 4 rings (SSSR count). The Bertz CT molecular complexity index is 1360. The number of aryl methyl sites for hydroxylation is 2. The minimum atomic E-state index is -1.74. The molecule has 200 valence electrons. The zero-order chi connectivity index (χ0) is 27.6. The molecule has 2 aromatic carbocycles. The van der Waals surface area contributed by atoms with Gasteiger partial charge in [0.2, 0.25) is 11.8 Å². The van der Waals surface area contributed by atoms with Gasteiger partial charge in [-0.3, -0.25) is 19.1 Å². The van der Waals surface area contributed by atoms with E-state index in [9.17, 15) is 19.5 Å². The normalized spacial score (nSPS) is 23.0. The number of nitrogens with one attached hydrogen (secondary N) is 2. The van der Waals surface area contributed by atoms with Gasteiger partial charge in [0.05, 0.1) is 42.8 Å². The average molecular weight is 521 g/mol. The van der Waals surface area contributed by atoms with Crippen molar-refractivity contribution in [3.05, 3.63) is 66.0 Å². The molecule has 0 unspecified atom stereocenters. The van der Waals surface area contributed by atoms with Crippen molar-refractivity contribution in [3.63, 3.8) is 0 Å². The first-order valence-corrected chi connectivity index (χ1v) is 12.2. The van der Waals surface area contributed by atoms with Crippen molar-refractivity contribution >= 4 is 29.0 Å². The number of rotatable bonds is 7. The molecule has 0 saturated heterocycles. The molecule has 1 fully saturated rings. The van der Waals surface area contributed by atoms with Gasteiger partial charge in [-0.15, -0.1) is 0 Å². The van der Waals surface area contributed by atoms with Crippen LogP contribution >= 0.6 is 0 Å². The summed E-state index contributed by atoms with van der Waals surface area (Å²) in [4.78, 5) is 41.1. The largest absolute Gasteiger partial charge is 0.495 e. The number of anilines is 2. The van der Waals surface area contributed by atoms with Crippen LogP contribution in [0.3, 0.4) is 0 Å². The van der Waals surface area contributed by atoms with Crippen molar-refractivity contribution in [3.8, 4) is 11.5 Å². The van der Waals surface area contributed by atoms with Gasteiger partial charge in [-0.1, -0.05) is 24.3 Å². The number of nitrogens with zero attached hydrogens (tertiary/aromatic N) is 2. The molecule has 3 aromatic rings. The van der Waals surface area contributed by atoms with E-state index in [1.807, 2.05) is 0 Å². The number of aromatic nitrogens is 2. The topological polar surface area (TPSA) is 132 Å². The Hall–Kier alpha value is -4.18. The molecule has 1 aliphatic carbocycles. The van der Waals surface area contributed by atoms with Gasteiger partial charge >= 0.3 is 0 Å². The molecule has 2 amide bonds. The highest BCUT2D eigenvalue weighted by Crippen LogP contribution is 2.47. The maximum Gasteiger partial charge on any atom is 0.235 e. The first-order chi connectivity index (χ1) is 18.1. The standard InChI is InChI=1S/C28H32N4O6/c1-16-17(15-32(3)31-16)23-24(26(34)29-18-10-6-8-12-21(18)37-4)20(33)14-28(2,36)25(23)27(35)30-19-11-7-9-13-22(19)38-5/h6-13,15,23-25,36H,14H2,1-5H3,(H,29,34)(H,30,35)/t23-,24-,25-,28+/m0/s1. The van der Waals surface area contributed by atoms with E-state index in [-0.39, 0.29) is 6.42 Å². The molecule has 0 bridgehead atoms. The molecule has 1 aliphatic rings. The maximum absolute atomic E-state index is 13.9.